The van der Waals surface area contributed by atoms with E-state index in [0.29, 0.717) is 5.78 Å². The molecule has 0 radical (unpaired) electrons. The standard InChI is InChI=1S/C16H31NO/c1-2-3-4-5-6-7-8-9-10-16(18)13-14-17-15-11-12-15/h15,17H,2-14H2,1H3. The third kappa shape index (κ3) is 9.64. The summed E-state index contributed by atoms with van der Waals surface area (Å²) in [7, 11) is 0. The minimum atomic E-state index is 0.453. The Bertz CT molecular complexity index is 211. The molecule has 0 spiro atoms. The van der Waals surface area contributed by atoms with E-state index < -0.39 is 0 Å². The Kier molecular flexibility index (Phi) is 9.19. The topological polar surface area (TPSA) is 29.1 Å². The van der Waals surface area contributed by atoms with Gasteiger partial charge in [0.25, 0.3) is 0 Å². The summed E-state index contributed by atoms with van der Waals surface area (Å²) in [5, 5.41) is 3.40. The molecule has 0 saturated heterocycles. The van der Waals surface area contributed by atoms with E-state index in [1.54, 1.807) is 0 Å². The van der Waals surface area contributed by atoms with Crippen LogP contribution in [-0.4, -0.2) is 18.4 Å². The number of carbonyl (C=O) groups is 1. The number of ketones is 1. The summed E-state index contributed by atoms with van der Waals surface area (Å²) >= 11 is 0. The summed E-state index contributed by atoms with van der Waals surface area (Å²) in [6, 6.07) is 0.737. The van der Waals surface area contributed by atoms with Gasteiger partial charge in [-0.3, -0.25) is 4.79 Å². The molecule has 0 atom stereocenters. The van der Waals surface area contributed by atoms with Crippen molar-refractivity contribution < 1.29 is 4.79 Å². The van der Waals surface area contributed by atoms with Gasteiger partial charge in [0.1, 0.15) is 5.78 Å². The molecule has 0 amide bonds. The molecular formula is C16H31NO. The number of hydrogen-bond acceptors (Lipinski definition) is 2. The second-order valence-electron chi connectivity index (χ2n) is 5.74. The quantitative estimate of drug-likeness (QED) is 0.498. The maximum Gasteiger partial charge on any atom is 0.134 e. The number of rotatable bonds is 13. The van der Waals surface area contributed by atoms with E-state index in [-0.39, 0.29) is 0 Å². The van der Waals surface area contributed by atoms with Gasteiger partial charge in [-0.15, -0.1) is 0 Å². The van der Waals surface area contributed by atoms with E-state index in [2.05, 4.69) is 12.2 Å². The molecule has 1 saturated carbocycles. The molecule has 1 fully saturated rings. The minimum Gasteiger partial charge on any atom is -0.314 e. The van der Waals surface area contributed by atoms with Crippen molar-refractivity contribution in [2.75, 3.05) is 6.54 Å². The lowest BCUT2D eigenvalue weighted by Gasteiger charge is -2.03. The zero-order chi connectivity index (χ0) is 13.1. The molecule has 0 aromatic rings. The minimum absolute atomic E-state index is 0.453. The maximum atomic E-state index is 11.6. The lowest BCUT2D eigenvalue weighted by atomic mass is 10.1. The number of carbonyl (C=O) groups excluding carboxylic acids is 1. The average Bonchev–Trinajstić information content (AvgIpc) is 3.17. The summed E-state index contributed by atoms with van der Waals surface area (Å²) in [5.41, 5.74) is 0. The van der Waals surface area contributed by atoms with Crippen LogP contribution in [0.25, 0.3) is 0 Å². The van der Waals surface area contributed by atoms with Gasteiger partial charge in [0.05, 0.1) is 0 Å². The molecule has 0 aliphatic heterocycles. The van der Waals surface area contributed by atoms with Crippen LogP contribution in [0.1, 0.15) is 84.0 Å². The van der Waals surface area contributed by atoms with Crippen LogP contribution >= 0.6 is 0 Å². The fourth-order valence-electron chi connectivity index (χ4n) is 2.28. The Morgan fingerprint density at radius 3 is 2.17 bits per heavy atom. The van der Waals surface area contributed by atoms with Gasteiger partial charge >= 0.3 is 0 Å². The van der Waals surface area contributed by atoms with E-state index in [1.807, 2.05) is 0 Å². The second kappa shape index (κ2) is 10.5. The fourth-order valence-corrected chi connectivity index (χ4v) is 2.28. The number of nitrogens with one attached hydrogen (secondary N) is 1. The van der Waals surface area contributed by atoms with E-state index >= 15 is 0 Å². The predicted octanol–water partition coefficient (Wildman–Crippen LogP) is 4.23. The van der Waals surface area contributed by atoms with Gasteiger partial charge in [0.2, 0.25) is 0 Å². The highest BCUT2D eigenvalue weighted by atomic mass is 16.1. The predicted molar refractivity (Wildman–Crippen MR) is 77.9 cm³/mol. The van der Waals surface area contributed by atoms with Crippen LogP contribution in [0.4, 0.5) is 0 Å². The van der Waals surface area contributed by atoms with E-state index in [9.17, 15) is 4.79 Å². The van der Waals surface area contributed by atoms with Gasteiger partial charge in [-0.25, -0.2) is 0 Å². The van der Waals surface area contributed by atoms with Gasteiger partial charge in [-0.2, -0.15) is 0 Å². The van der Waals surface area contributed by atoms with Crippen molar-refractivity contribution in [3.8, 4) is 0 Å². The van der Waals surface area contributed by atoms with Gasteiger partial charge in [0.15, 0.2) is 0 Å². The first kappa shape index (κ1) is 15.7. The molecule has 1 rings (SSSR count). The van der Waals surface area contributed by atoms with Crippen molar-refractivity contribution in [3.05, 3.63) is 0 Å². The van der Waals surface area contributed by atoms with Gasteiger partial charge in [0, 0.05) is 25.4 Å². The van der Waals surface area contributed by atoms with E-state index in [0.717, 1.165) is 31.8 Å². The molecule has 0 bridgehead atoms. The van der Waals surface area contributed by atoms with E-state index in [4.69, 9.17) is 0 Å². The molecule has 1 aliphatic carbocycles. The zero-order valence-corrected chi connectivity index (χ0v) is 12.2. The normalized spacial score (nSPS) is 14.9. The molecule has 0 aromatic carbocycles. The van der Waals surface area contributed by atoms with Crippen LogP contribution in [0.15, 0.2) is 0 Å². The Morgan fingerprint density at radius 1 is 0.944 bits per heavy atom. The first-order chi connectivity index (χ1) is 8.83. The van der Waals surface area contributed by atoms with Crippen LogP contribution in [0.5, 0.6) is 0 Å². The summed E-state index contributed by atoms with van der Waals surface area (Å²) in [6.07, 6.45) is 14.7. The van der Waals surface area contributed by atoms with E-state index in [1.165, 1.54) is 57.8 Å². The Morgan fingerprint density at radius 2 is 1.56 bits per heavy atom. The molecule has 0 unspecified atom stereocenters. The molecule has 0 aromatic heterocycles. The number of Topliss-reactive ketones (excluding diaryl/α,β-unsaturated/α-hetero) is 1. The maximum absolute atomic E-state index is 11.6. The highest BCUT2D eigenvalue weighted by Gasteiger charge is 2.19. The molecule has 0 heterocycles. The van der Waals surface area contributed by atoms with Crippen molar-refractivity contribution >= 4 is 5.78 Å². The molecule has 106 valence electrons. The third-order valence-electron chi connectivity index (χ3n) is 3.72. The molecular weight excluding hydrogens is 222 g/mol. The van der Waals surface area contributed by atoms with Crippen LogP contribution in [0.2, 0.25) is 0 Å². The van der Waals surface area contributed by atoms with Crippen LogP contribution in [0.3, 0.4) is 0 Å². The largest absolute Gasteiger partial charge is 0.314 e. The van der Waals surface area contributed by atoms with Crippen LogP contribution in [0, 0.1) is 0 Å². The highest BCUT2D eigenvalue weighted by molar-refractivity contribution is 5.78. The number of unbranched alkanes of at least 4 members (excludes halogenated alkanes) is 7. The first-order valence-corrected chi connectivity index (χ1v) is 8.08. The van der Waals surface area contributed by atoms with Crippen molar-refractivity contribution in [2.24, 2.45) is 0 Å². The average molecular weight is 253 g/mol. The fraction of sp³-hybridized carbons (Fsp3) is 0.938. The van der Waals surface area contributed by atoms with Gasteiger partial charge in [-0.1, -0.05) is 51.9 Å². The first-order valence-electron chi connectivity index (χ1n) is 8.08. The summed E-state index contributed by atoms with van der Waals surface area (Å²) in [4.78, 5) is 11.6. The summed E-state index contributed by atoms with van der Waals surface area (Å²) in [5.74, 6) is 0.453. The molecule has 1 N–H and O–H groups in total. The molecule has 1 aliphatic rings. The molecule has 18 heavy (non-hydrogen) atoms. The second-order valence-corrected chi connectivity index (χ2v) is 5.74. The molecule has 2 heteroatoms. The number of hydrogen-bond donors (Lipinski definition) is 1. The van der Waals surface area contributed by atoms with Crippen molar-refractivity contribution in [3.63, 3.8) is 0 Å². The van der Waals surface area contributed by atoms with Gasteiger partial charge < -0.3 is 5.32 Å². The smallest absolute Gasteiger partial charge is 0.134 e. The SMILES string of the molecule is CCCCCCCCCCC(=O)CCNC1CC1. The van der Waals surface area contributed by atoms with Crippen LogP contribution < -0.4 is 5.32 Å². The van der Waals surface area contributed by atoms with Crippen LogP contribution in [-0.2, 0) is 4.79 Å². The summed E-state index contributed by atoms with van der Waals surface area (Å²) < 4.78 is 0. The lowest BCUT2D eigenvalue weighted by molar-refractivity contribution is -0.119. The molecule has 2 nitrogen and oxygen atoms in total. The third-order valence-corrected chi connectivity index (χ3v) is 3.72. The van der Waals surface area contributed by atoms with Crippen molar-refractivity contribution in [2.45, 2.75) is 90.0 Å². The lowest BCUT2D eigenvalue weighted by Crippen LogP contribution is -2.20. The monoisotopic (exact) mass is 253 g/mol. The Labute approximate surface area is 113 Å². The van der Waals surface area contributed by atoms with Gasteiger partial charge in [-0.05, 0) is 19.3 Å². The Balaban J connectivity index is 1.74. The highest BCUT2D eigenvalue weighted by Crippen LogP contribution is 2.18. The van der Waals surface area contributed by atoms with Crippen molar-refractivity contribution in [1.29, 1.82) is 0 Å². The summed E-state index contributed by atoms with van der Waals surface area (Å²) in [6.45, 7) is 3.16. The van der Waals surface area contributed by atoms with Crippen molar-refractivity contribution in [1.82, 2.24) is 5.32 Å². The zero-order valence-electron chi connectivity index (χ0n) is 12.2. The Hall–Kier alpha value is -0.370.